The van der Waals surface area contributed by atoms with Crippen molar-refractivity contribution in [3.05, 3.63) is 0 Å². The highest BCUT2D eigenvalue weighted by molar-refractivity contribution is 4.92. The van der Waals surface area contributed by atoms with Gasteiger partial charge in [0.05, 0.1) is 0 Å². The van der Waals surface area contributed by atoms with Crippen LogP contribution >= 0.6 is 0 Å². The molecule has 0 spiro atoms. The van der Waals surface area contributed by atoms with Crippen molar-refractivity contribution in [3.8, 4) is 0 Å². The second-order valence-corrected chi connectivity index (χ2v) is 6.99. The fraction of sp³-hybridized carbons (Fsp3) is 1.00. The quantitative estimate of drug-likeness (QED) is 0.794. The van der Waals surface area contributed by atoms with Gasteiger partial charge in [0.1, 0.15) is 0 Å². The van der Waals surface area contributed by atoms with Crippen molar-refractivity contribution in [2.75, 3.05) is 19.6 Å². The van der Waals surface area contributed by atoms with Crippen LogP contribution in [0.25, 0.3) is 0 Å². The molecule has 0 bridgehead atoms. The Bertz CT molecular complexity index is 223. The average molecular weight is 240 g/mol. The van der Waals surface area contributed by atoms with Crippen molar-refractivity contribution >= 4 is 0 Å². The fourth-order valence-corrected chi connectivity index (χ4v) is 2.74. The molecule has 1 rings (SSSR count). The van der Waals surface area contributed by atoms with Gasteiger partial charge < -0.3 is 5.32 Å². The molecule has 1 N–H and O–H groups in total. The van der Waals surface area contributed by atoms with E-state index in [1.165, 1.54) is 25.9 Å². The van der Waals surface area contributed by atoms with E-state index in [2.05, 4.69) is 51.8 Å². The van der Waals surface area contributed by atoms with E-state index < -0.39 is 0 Å². The molecule has 0 radical (unpaired) electrons. The molecule has 1 heterocycles. The molecule has 0 aromatic carbocycles. The summed E-state index contributed by atoms with van der Waals surface area (Å²) in [5.74, 6) is 1.61. The number of nitrogens with zero attached hydrogens (tertiary/aromatic N) is 1. The lowest BCUT2D eigenvalue weighted by atomic mass is 9.92. The summed E-state index contributed by atoms with van der Waals surface area (Å²) in [4.78, 5) is 2.73. The topological polar surface area (TPSA) is 15.3 Å². The first-order chi connectivity index (χ1) is 7.84. The molecule has 0 aliphatic carbocycles. The van der Waals surface area contributed by atoms with Crippen molar-refractivity contribution in [3.63, 3.8) is 0 Å². The first kappa shape index (κ1) is 15.0. The summed E-state index contributed by atoms with van der Waals surface area (Å²) in [6, 6.07) is 0.733. The monoisotopic (exact) mass is 240 g/mol. The normalized spacial score (nSPS) is 27.4. The van der Waals surface area contributed by atoms with Crippen LogP contribution in [0.15, 0.2) is 0 Å². The van der Waals surface area contributed by atoms with Crippen LogP contribution < -0.4 is 5.32 Å². The zero-order chi connectivity index (χ0) is 13.1. The zero-order valence-corrected chi connectivity index (χ0v) is 12.7. The van der Waals surface area contributed by atoms with E-state index in [9.17, 15) is 0 Å². The van der Waals surface area contributed by atoms with Crippen molar-refractivity contribution < 1.29 is 0 Å². The van der Waals surface area contributed by atoms with Gasteiger partial charge in [-0.2, -0.15) is 0 Å². The molecule has 1 saturated heterocycles. The van der Waals surface area contributed by atoms with Gasteiger partial charge >= 0.3 is 0 Å². The average Bonchev–Trinajstić information content (AvgIpc) is 2.21. The molecule has 2 unspecified atom stereocenters. The Morgan fingerprint density at radius 3 is 2.47 bits per heavy atom. The van der Waals surface area contributed by atoms with E-state index in [0.29, 0.717) is 0 Å². The minimum atomic E-state index is 0.279. The highest BCUT2D eigenvalue weighted by Crippen LogP contribution is 2.21. The summed E-state index contributed by atoms with van der Waals surface area (Å²) in [6.45, 7) is 17.6. The Balaban J connectivity index is 2.61. The van der Waals surface area contributed by atoms with Gasteiger partial charge in [0, 0.05) is 31.2 Å². The van der Waals surface area contributed by atoms with Gasteiger partial charge in [-0.05, 0) is 32.1 Å². The van der Waals surface area contributed by atoms with Crippen molar-refractivity contribution in [1.29, 1.82) is 0 Å². The minimum Gasteiger partial charge on any atom is -0.309 e. The van der Waals surface area contributed by atoms with E-state index in [0.717, 1.165) is 24.4 Å². The summed E-state index contributed by atoms with van der Waals surface area (Å²) >= 11 is 0. The Morgan fingerprint density at radius 1 is 1.29 bits per heavy atom. The number of hydrogen-bond acceptors (Lipinski definition) is 2. The molecular weight excluding hydrogens is 208 g/mol. The predicted molar refractivity (Wildman–Crippen MR) is 76.4 cm³/mol. The molecule has 102 valence electrons. The molecule has 0 saturated carbocycles. The van der Waals surface area contributed by atoms with Gasteiger partial charge in [-0.1, -0.05) is 34.1 Å². The molecule has 2 nitrogen and oxygen atoms in total. The third kappa shape index (κ3) is 4.97. The van der Waals surface area contributed by atoms with Crippen LogP contribution in [0, 0.1) is 11.8 Å². The number of piperazine rings is 1. The van der Waals surface area contributed by atoms with Gasteiger partial charge in [-0.3, -0.25) is 4.90 Å². The maximum atomic E-state index is 3.69. The molecule has 1 aliphatic rings. The first-order valence-electron chi connectivity index (χ1n) is 7.33. The Labute approximate surface area is 108 Å². The minimum absolute atomic E-state index is 0.279. The zero-order valence-electron chi connectivity index (χ0n) is 12.7. The standard InChI is InChI=1S/C15H32N2/c1-7-13(4)10-17-11-15(5,6)16-9-14(17)8-12(2)3/h12-14,16H,7-11H2,1-6H3. The van der Waals surface area contributed by atoms with Gasteiger partial charge in [-0.25, -0.2) is 0 Å². The van der Waals surface area contributed by atoms with Gasteiger partial charge in [0.2, 0.25) is 0 Å². The van der Waals surface area contributed by atoms with Crippen LogP contribution in [-0.2, 0) is 0 Å². The van der Waals surface area contributed by atoms with Gasteiger partial charge in [0.15, 0.2) is 0 Å². The second-order valence-electron chi connectivity index (χ2n) is 6.99. The fourth-order valence-electron chi connectivity index (χ4n) is 2.74. The maximum absolute atomic E-state index is 3.69. The SMILES string of the molecule is CCC(C)CN1CC(C)(C)NCC1CC(C)C. The van der Waals surface area contributed by atoms with E-state index in [1.54, 1.807) is 0 Å². The summed E-state index contributed by atoms with van der Waals surface area (Å²) in [6.07, 6.45) is 2.61. The molecule has 0 aromatic rings. The van der Waals surface area contributed by atoms with Gasteiger partial charge in [-0.15, -0.1) is 0 Å². The molecule has 1 aliphatic heterocycles. The molecular formula is C15H32N2. The summed E-state index contributed by atoms with van der Waals surface area (Å²) in [5, 5.41) is 3.69. The predicted octanol–water partition coefficient (Wildman–Crippen LogP) is 3.13. The summed E-state index contributed by atoms with van der Waals surface area (Å²) in [7, 11) is 0. The highest BCUT2D eigenvalue weighted by atomic mass is 15.2. The van der Waals surface area contributed by atoms with Crippen molar-refractivity contribution in [2.45, 2.75) is 66.0 Å². The molecule has 17 heavy (non-hydrogen) atoms. The maximum Gasteiger partial charge on any atom is 0.0252 e. The van der Waals surface area contributed by atoms with Crippen molar-refractivity contribution in [2.24, 2.45) is 11.8 Å². The van der Waals surface area contributed by atoms with Crippen LogP contribution in [0.4, 0.5) is 0 Å². The van der Waals surface area contributed by atoms with E-state index in [-0.39, 0.29) is 5.54 Å². The van der Waals surface area contributed by atoms with Crippen molar-refractivity contribution in [1.82, 2.24) is 10.2 Å². The van der Waals surface area contributed by atoms with Crippen LogP contribution in [0.1, 0.15) is 54.4 Å². The Morgan fingerprint density at radius 2 is 1.94 bits per heavy atom. The Kier molecular flexibility index (Phi) is 5.46. The largest absolute Gasteiger partial charge is 0.309 e. The molecule has 2 heteroatoms. The van der Waals surface area contributed by atoms with E-state index in [4.69, 9.17) is 0 Å². The van der Waals surface area contributed by atoms with Crippen LogP contribution in [0.5, 0.6) is 0 Å². The summed E-state index contributed by atoms with van der Waals surface area (Å²) < 4.78 is 0. The number of nitrogens with one attached hydrogen (secondary N) is 1. The van der Waals surface area contributed by atoms with Crippen LogP contribution in [0.2, 0.25) is 0 Å². The lowest BCUT2D eigenvalue weighted by Gasteiger charge is -2.46. The smallest absolute Gasteiger partial charge is 0.0252 e. The van der Waals surface area contributed by atoms with E-state index in [1.807, 2.05) is 0 Å². The first-order valence-corrected chi connectivity index (χ1v) is 7.33. The van der Waals surface area contributed by atoms with Gasteiger partial charge in [0.25, 0.3) is 0 Å². The van der Waals surface area contributed by atoms with E-state index >= 15 is 0 Å². The molecule has 0 aromatic heterocycles. The molecule has 1 fully saturated rings. The molecule has 0 amide bonds. The third-order valence-electron chi connectivity index (χ3n) is 3.92. The third-order valence-corrected chi connectivity index (χ3v) is 3.92. The Hall–Kier alpha value is -0.0800. The number of rotatable bonds is 5. The summed E-state index contributed by atoms with van der Waals surface area (Å²) in [5.41, 5.74) is 0.279. The highest BCUT2D eigenvalue weighted by Gasteiger charge is 2.32. The number of hydrogen-bond donors (Lipinski definition) is 1. The second kappa shape index (κ2) is 6.19. The lowest BCUT2D eigenvalue weighted by molar-refractivity contribution is 0.0695. The lowest BCUT2D eigenvalue weighted by Crippen LogP contribution is -2.62. The molecule has 2 atom stereocenters. The van der Waals surface area contributed by atoms with Crippen LogP contribution in [0.3, 0.4) is 0 Å². The van der Waals surface area contributed by atoms with Crippen LogP contribution in [-0.4, -0.2) is 36.1 Å².